The third-order valence-corrected chi connectivity index (χ3v) is 17.9. The molecule has 4 aliphatic rings. The van der Waals surface area contributed by atoms with Crippen molar-refractivity contribution in [2.45, 2.75) is 115 Å². The van der Waals surface area contributed by atoms with Crippen LogP contribution in [0.3, 0.4) is 0 Å². The molecule has 2 fully saturated rings. The monoisotopic (exact) mass is 1130 g/mol. The molecule has 23 heteroatoms. The molecule has 18 nitrogen and oxygen atoms in total. The van der Waals surface area contributed by atoms with Gasteiger partial charge in [-0.05, 0) is 118 Å². The average molecular weight is 1130 g/mol. The van der Waals surface area contributed by atoms with E-state index in [2.05, 4.69) is 88.9 Å². The first-order valence-corrected chi connectivity index (χ1v) is 32.0. The fourth-order valence-electron chi connectivity index (χ4n) is 10.7. The van der Waals surface area contributed by atoms with Crippen LogP contribution in [0.4, 0.5) is 5.82 Å². The lowest BCUT2D eigenvalue weighted by Crippen LogP contribution is -2.30. The maximum atomic E-state index is 12.4. The van der Waals surface area contributed by atoms with E-state index < -0.39 is 50.9 Å². The predicted molar refractivity (Wildman–Crippen MR) is 293 cm³/mol. The molecule has 2 aliphatic heterocycles. The number of ether oxygens (including phenoxy) is 4. The Morgan fingerprint density at radius 3 is 1.69 bits per heavy atom. The predicted octanol–water partition coefficient (Wildman–Crippen LogP) is 10.6. The first kappa shape index (κ1) is 56.7. The Bertz CT molecular complexity index is 3130. The zero-order valence-electron chi connectivity index (χ0n) is 44.0. The molecule has 404 valence electrons. The number of carbonyl (C=O) groups is 2. The molecule has 2 aromatic carbocycles. The van der Waals surface area contributed by atoms with Crippen LogP contribution in [-0.4, -0.2) is 129 Å². The summed E-state index contributed by atoms with van der Waals surface area (Å²) in [5.41, 5.74) is 6.56. The van der Waals surface area contributed by atoms with Gasteiger partial charge >= 0.3 is 11.9 Å². The van der Waals surface area contributed by atoms with Gasteiger partial charge in [-0.15, -0.1) is 0 Å². The first-order valence-electron chi connectivity index (χ1n) is 25.3. The number of carbonyl (C=O) groups excluding carboxylic acids is 2. The third-order valence-electron chi connectivity index (χ3n) is 14.6. The molecule has 10 rings (SSSR count). The number of hydrogen-bond acceptors (Lipinski definition) is 16. The molecule has 4 aromatic heterocycles. The van der Waals surface area contributed by atoms with E-state index in [1.165, 1.54) is 59.8 Å². The topological polar surface area (TPSA) is 208 Å². The zero-order chi connectivity index (χ0) is 54.1. The van der Waals surface area contributed by atoms with Crippen LogP contribution in [0.15, 0.2) is 60.9 Å². The molecule has 0 spiro atoms. The average Bonchev–Trinajstić information content (AvgIpc) is 4.22. The number of nitrogens with zero attached hydrogens (tertiary/aromatic N) is 9. The number of nitrogens with one attached hydrogen (secondary N) is 1. The summed E-state index contributed by atoms with van der Waals surface area (Å²) in [5, 5.41) is 13.8. The van der Waals surface area contributed by atoms with Crippen LogP contribution < -0.4 is 10.2 Å². The Balaban J connectivity index is 0.000000170. The van der Waals surface area contributed by atoms with Gasteiger partial charge in [-0.1, -0.05) is 74.0 Å². The highest BCUT2D eigenvalue weighted by Crippen LogP contribution is 2.46. The maximum absolute atomic E-state index is 12.4. The van der Waals surface area contributed by atoms with E-state index in [9.17, 15) is 18.7 Å². The minimum Gasteiger partial charge on any atom is -0.457 e. The zero-order valence-corrected chi connectivity index (χ0v) is 48.1. The number of esters is 2. The molecule has 1 N–H and O–H groups in total. The van der Waals surface area contributed by atoms with Crippen molar-refractivity contribution in [3.8, 4) is 0 Å². The highest BCUT2D eigenvalue weighted by atomic mass is 35.5. The highest BCUT2D eigenvalue weighted by Gasteiger charge is 2.48. The number of aromatic nitrogens is 8. The Morgan fingerprint density at radius 2 is 1.17 bits per heavy atom. The lowest BCUT2D eigenvalue weighted by Gasteiger charge is -2.27. The molecule has 2 aliphatic carbocycles. The van der Waals surface area contributed by atoms with Gasteiger partial charge in [-0.2, -0.15) is 25.1 Å². The molecule has 0 radical (unpaired) electrons. The summed E-state index contributed by atoms with van der Waals surface area (Å²) in [7, 11) is -0.362. The number of fused-ring (bicyclic) bond motifs is 4. The van der Waals surface area contributed by atoms with Crippen molar-refractivity contribution in [1.29, 1.82) is 0 Å². The number of aryl methyl sites for hydroxylation is 2. The summed E-state index contributed by atoms with van der Waals surface area (Å²) in [6, 6.07) is 17.9. The van der Waals surface area contributed by atoms with Crippen LogP contribution in [0.2, 0.25) is 15.7 Å². The Hall–Kier alpha value is -4.51. The van der Waals surface area contributed by atoms with Crippen molar-refractivity contribution >= 4 is 88.9 Å². The van der Waals surface area contributed by atoms with Crippen LogP contribution in [-0.2, 0) is 50.5 Å². The van der Waals surface area contributed by atoms with Gasteiger partial charge in [0.1, 0.15) is 11.0 Å². The summed E-state index contributed by atoms with van der Waals surface area (Å²) in [6.45, 7) is 13.7. The lowest BCUT2D eigenvalue weighted by atomic mass is 9.98. The van der Waals surface area contributed by atoms with E-state index in [4.69, 9.17) is 53.8 Å². The van der Waals surface area contributed by atoms with Gasteiger partial charge in [0, 0.05) is 51.1 Å². The van der Waals surface area contributed by atoms with Gasteiger partial charge in [0.05, 0.1) is 55.7 Å². The van der Waals surface area contributed by atoms with E-state index in [1.807, 2.05) is 27.9 Å². The van der Waals surface area contributed by atoms with Crippen LogP contribution in [0.25, 0.3) is 22.1 Å². The van der Waals surface area contributed by atoms with Crippen molar-refractivity contribution in [2.24, 2.45) is 11.8 Å². The summed E-state index contributed by atoms with van der Waals surface area (Å²) < 4.78 is 51.4. The number of benzene rings is 2. The molecule has 0 amide bonds. The van der Waals surface area contributed by atoms with Crippen molar-refractivity contribution < 1.29 is 37.7 Å². The standard InChI is InChI=1S/C26H33ClN5O4P.C16H21Cl2N4O4P.C10H13N/c1-15-21(12-13-37(4,5)34)36-25(22(15)35-16(2)33)32-24-19(14-28-32)23(29-26(27)30-24)31(3)20-11-10-17-8-6-7-9-18(17)20;1-8-11(5-6-27(3,4)24)26-15(12(8)25-9(2)23)22-14-10(7-19-22)13(17)20-16(18)21-14;1-11-10-7-6-8-4-2-3-5-9(8)10/h6-9,14-15,20-22,25H,10-13H2,1-5H3;7-8,11-12,15H,5-6H2,1-4H3;2-5,10-11H,6-7H2,1H3/t15-,20+,21-,22?,25-;8-,11-,12?,15-;10-/m110/s1. The van der Waals surface area contributed by atoms with Crippen LogP contribution >= 0.6 is 49.1 Å². The minimum atomic E-state index is -2.22. The lowest BCUT2D eigenvalue weighted by molar-refractivity contribution is -0.154. The van der Waals surface area contributed by atoms with Crippen molar-refractivity contribution in [3.05, 3.63) is 98.9 Å². The molecular weight excluding hydrogens is 1060 g/mol. The fraction of sp³-hybridized carbons (Fsp3) is 0.538. The summed E-state index contributed by atoms with van der Waals surface area (Å²) in [6.07, 6.45) is 7.00. The highest BCUT2D eigenvalue weighted by molar-refractivity contribution is 7.62. The van der Waals surface area contributed by atoms with Crippen LogP contribution in [0, 0.1) is 11.8 Å². The second kappa shape index (κ2) is 23.6. The van der Waals surface area contributed by atoms with E-state index in [0.717, 1.165) is 18.2 Å². The minimum absolute atomic E-state index is 0.0150. The van der Waals surface area contributed by atoms with E-state index in [-0.39, 0.29) is 45.8 Å². The SMILES string of the molecule is CC(=O)OC1[C@H](n2ncc3c(Cl)nc(Cl)nc32)O[C@H](CCP(C)(C)=O)[C@H]1C.CC(=O)OC1[C@H](n2ncc3c(N(C)[C@H]4CCc5ccccc54)nc(Cl)nc32)O[C@H](CCP(C)(C)=O)[C@H]1C.CN[C@H]1CCc2ccccc21. The second-order valence-electron chi connectivity index (χ2n) is 20.9. The summed E-state index contributed by atoms with van der Waals surface area (Å²) in [4.78, 5) is 42.9. The number of rotatable bonds is 13. The normalized spacial score (nSPS) is 25.0. The Labute approximate surface area is 453 Å². The van der Waals surface area contributed by atoms with Gasteiger partial charge in [-0.25, -0.2) is 14.3 Å². The van der Waals surface area contributed by atoms with Gasteiger partial charge in [-0.3, -0.25) is 9.59 Å². The smallest absolute Gasteiger partial charge is 0.303 e. The van der Waals surface area contributed by atoms with E-state index in [0.29, 0.717) is 53.7 Å². The quantitative estimate of drug-likeness (QED) is 0.0494. The molecule has 0 bridgehead atoms. The van der Waals surface area contributed by atoms with Crippen LogP contribution in [0.1, 0.15) is 100 Å². The third kappa shape index (κ3) is 13.1. The van der Waals surface area contributed by atoms with E-state index in [1.54, 1.807) is 37.5 Å². The van der Waals surface area contributed by atoms with Crippen LogP contribution in [0.5, 0.6) is 0 Å². The van der Waals surface area contributed by atoms with Crippen molar-refractivity contribution in [1.82, 2.24) is 44.8 Å². The van der Waals surface area contributed by atoms with Gasteiger partial charge < -0.3 is 38.3 Å². The first-order chi connectivity index (χ1) is 35.5. The van der Waals surface area contributed by atoms with Crippen molar-refractivity contribution in [3.63, 3.8) is 0 Å². The number of anilines is 1. The Morgan fingerprint density at radius 1 is 0.707 bits per heavy atom. The summed E-state index contributed by atoms with van der Waals surface area (Å²) >= 11 is 18.5. The molecule has 10 atom stereocenters. The fourth-order valence-corrected chi connectivity index (χ4v) is 13.0. The molecule has 2 saturated heterocycles. The second-order valence-corrected chi connectivity index (χ2v) is 29.1. The largest absolute Gasteiger partial charge is 0.457 e. The molecular formula is C52H67Cl3N10O8P2. The van der Waals surface area contributed by atoms with Gasteiger partial charge in [0.25, 0.3) is 0 Å². The molecule has 6 aromatic rings. The maximum Gasteiger partial charge on any atom is 0.303 e. The van der Waals surface area contributed by atoms with Gasteiger partial charge in [0.2, 0.25) is 10.6 Å². The number of halogens is 3. The molecule has 75 heavy (non-hydrogen) atoms. The molecule has 0 saturated carbocycles. The van der Waals surface area contributed by atoms with Crippen molar-refractivity contribution in [2.75, 3.05) is 58.0 Å². The molecule has 6 heterocycles. The Kier molecular flexibility index (Phi) is 17.8. The molecule has 2 unspecified atom stereocenters. The van der Waals surface area contributed by atoms with Gasteiger partial charge in [0.15, 0.2) is 36.0 Å². The van der Waals surface area contributed by atoms with E-state index >= 15 is 0 Å². The number of hydrogen-bond donors (Lipinski definition) is 1. The summed E-state index contributed by atoms with van der Waals surface area (Å²) in [5.74, 6) is -0.355.